The average molecular weight is 370 g/mol. The molecule has 136 valence electrons. The van der Waals surface area contributed by atoms with Crippen LogP contribution in [-0.4, -0.2) is 30.0 Å². The number of thiocarbonyl (C=S) groups is 1. The summed E-state index contributed by atoms with van der Waals surface area (Å²) < 4.78 is 10.7. The van der Waals surface area contributed by atoms with Gasteiger partial charge in [0.1, 0.15) is 5.82 Å². The third-order valence-corrected chi connectivity index (χ3v) is 4.82. The number of pyridine rings is 1. The summed E-state index contributed by atoms with van der Waals surface area (Å²) in [4.78, 5) is 6.90. The maximum absolute atomic E-state index is 5.39. The molecule has 1 fully saturated rings. The van der Waals surface area contributed by atoms with Crippen molar-refractivity contribution in [2.24, 2.45) is 0 Å². The van der Waals surface area contributed by atoms with Crippen LogP contribution in [0.25, 0.3) is 0 Å². The standard InChI is InChI=1S/C19H22N4O2S/c26-19(21-11-14-4-6-16-17(10-14)25-13-24-16)22-15-5-7-18(20-12-15)23-8-2-1-3-9-23/h4-7,10,12H,1-3,8-9,11,13H2,(H2,21,22,26). The van der Waals surface area contributed by atoms with Gasteiger partial charge < -0.3 is 25.0 Å². The van der Waals surface area contributed by atoms with E-state index in [-0.39, 0.29) is 6.79 Å². The monoisotopic (exact) mass is 370 g/mol. The van der Waals surface area contributed by atoms with Crippen molar-refractivity contribution in [3.05, 3.63) is 42.1 Å². The lowest BCUT2D eigenvalue weighted by molar-refractivity contribution is 0.174. The van der Waals surface area contributed by atoms with Crippen molar-refractivity contribution >= 4 is 28.8 Å². The fourth-order valence-corrected chi connectivity index (χ4v) is 3.37. The lowest BCUT2D eigenvalue weighted by Gasteiger charge is -2.27. The van der Waals surface area contributed by atoms with E-state index < -0.39 is 0 Å². The molecule has 0 unspecified atom stereocenters. The number of anilines is 2. The minimum Gasteiger partial charge on any atom is -0.454 e. The number of hydrogen-bond acceptors (Lipinski definition) is 5. The van der Waals surface area contributed by atoms with E-state index in [1.54, 1.807) is 0 Å². The molecule has 0 amide bonds. The first-order valence-electron chi connectivity index (χ1n) is 8.92. The number of ether oxygens (including phenoxy) is 2. The molecule has 2 N–H and O–H groups in total. The molecular weight excluding hydrogens is 348 g/mol. The molecule has 2 aliphatic rings. The molecule has 3 heterocycles. The molecule has 7 heteroatoms. The molecule has 1 saturated heterocycles. The Morgan fingerprint density at radius 3 is 2.73 bits per heavy atom. The second-order valence-corrected chi connectivity index (χ2v) is 6.86. The van der Waals surface area contributed by atoms with E-state index >= 15 is 0 Å². The Morgan fingerprint density at radius 2 is 1.92 bits per heavy atom. The molecule has 2 aromatic rings. The number of fused-ring (bicyclic) bond motifs is 1. The van der Waals surface area contributed by atoms with E-state index in [1.165, 1.54) is 19.3 Å². The second-order valence-electron chi connectivity index (χ2n) is 6.45. The van der Waals surface area contributed by atoms with Crippen molar-refractivity contribution in [1.82, 2.24) is 10.3 Å². The quantitative estimate of drug-likeness (QED) is 0.801. The normalized spacial score (nSPS) is 15.6. The number of rotatable bonds is 4. The fourth-order valence-electron chi connectivity index (χ4n) is 3.18. The average Bonchev–Trinajstić information content (AvgIpc) is 3.15. The number of nitrogens with zero attached hydrogens (tertiary/aromatic N) is 2. The number of nitrogens with one attached hydrogen (secondary N) is 2. The first-order chi connectivity index (χ1) is 12.8. The van der Waals surface area contributed by atoms with Crippen LogP contribution in [0.3, 0.4) is 0 Å². The van der Waals surface area contributed by atoms with Gasteiger partial charge in [-0.1, -0.05) is 6.07 Å². The Balaban J connectivity index is 1.29. The summed E-state index contributed by atoms with van der Waals surface area (Å²) in [5.41, 5.74) is 1.96. The Kier molecular flexibility index (Phi) is 5.06. The van der Waals surface area contributed by atoms with Crippen LogP contribution in [0.1, 0.15) is 24.8 Å². The highest BCUT2D eigenvalue weighted by Gasteiger charge is 2.13. The molecule has 6 nitrogen and oxygen atoms in total. The van der Waals surface area contributed by atoms with Gasteiger partial charge in [0.25, 0.3) is 0 Å². The topological polar surface area (TPSA) is 58.6 Å². The molecule has 26 heavy (non-hydrogen) atoms. The van der Waals surface area contributed by atoms with E-state index in [1.807, 2.05) is 36.5 Å². The fraction of sp³-hybridized carbons (Fsp3) is 0.368. The summed E-state index contributed by atoms with van der Waals surface area (Å²) in [5, 5.41) is 6.95. The summed E-state index contributed by atoms with van der Waals surface area (Å²) in [6.45, 7) is 3.08. The van der Waals surface area contributed by atoms with Crippen molar-refractivity contribution < 1.29 is 9.47 Å². The summed E-state index contributed by atoms with van der Waals surface area (Å²) in [5.74, 6) is 2.60. The highest BCUT2D eigenvalue weighted by Crippen LogP contribution is 2.32. The molecule has 2 aliphatic heterocycles. The molecule has 0 spiro atoms. The van der Waals surface area contributed by atoms with E-state index in [0.29, 0.717) is 11.7 Å². The zero-order chi connectivity index (χ0) is 17.8. The predicted molar refractivity (Wildman–Crippen MR) is 106 cm³/mol. The van der Waals surface area contributed by atoms with Crippen LogP contribution >= 0.6 is 12.2 Å². The molecule has 0 aliphatic carbocycles. The van der Waals surface area contributed by atoms with E-state index in [0.717, 1.165) is 41.7 Å². The highest BCUT2D eigenvalue weighted by atomic mass is 32.1. The largest absolute Gasteiger partial charge is 0.454 e. The second kappa shape index (κ2) is 7.78. The van der Waals surface area contributed by atoms with Crippen molar-refractivity contribution in [2.45, 2.75) is 25.8 Å². The van der Waals surface area contributed by atoms with Crippen LogP contribution < -0.4 is 25.0 Å². The predicted octanol–water partition coefficient (Wildman–Crippen LogP) is 3.29. The lowest BCUT2D eigenvalue weighted by atomic mass is 10.1. The van der Waals surface area contributed by atoms with Gasteiger partial charge in [0, 0.05) is 19.6 Å². The highest BCUT2D eigenvalue weighted by molar-refractivity contribution is 7.80. The molecule has 0 saturated carbocycles. The lowest BCUT2D eigenvalue weighted by Crippen LogP contribution is -2.30. The van der Waals surface area contributed by atoms with Gasteiger partial charge in [-0.25, -0.2) is 4.98 Å². The van der Waals surface area contributed by atoms with Gasteiger partial charge in [0.15, 0.2) is 16.6 Å². The van der Waals surface area contributed by atoms with Gasteiger partial charge in [-0.05, 0) is 61.3 Å². The summed E-state index contributed by atoms with van der Waals surface area (Å²) >= 11 is 5.38. The number of aromatic nitrogens is 1. The van der Waals surface area contributed by atoms with E-state index in [4.69, 9.17) is 21.7 Å². The van der Waals surface area contributed by atoms with Crippen LogP contribution in [0.15, 0.2) is 36.5 Å². The maximum Gasteiger partial charge on any atom is 0.231 e. The third-order valence-electron chi connectivity index (χ3n) is 4.58. The maximum atomic E-state index is 5.39. The Labute approximate surface area is 158 Å². The number of piperidine rings is 1. The van der Waals surface area contributed by atoms with Gasteiger partial charge in [-0.3, -0.25) is 0 Å². The first kappa shape index (κ1) is 16.9. The third kappa shape index (κ3) is 3.99. The van der Waals surface area contributed by atoms with Gasteiger partial charge in [-0.15, -0.1) is 0 Å². The molecular formula is C19H22N4O2S. The zero-order valence-corrected chi connectivity index (χ0v) is 15.3. The van der Waals surface area contributed by atoms with Crippen LogP contribution in [-0.2, 0) is 6.54 Å². The Bertz CT molecular complexity index is 776. The van der Waals surface area contributed by atoms with E-state index in [2.05, 4.69) is 20.5 Å². The molecule has 0 radical (unpaired) electrons. The SMILES string of the molecule is S=C(NCc1ccc2c(c1)OCO2)Nc1ccc(N2CCCCC2)nc1. The van der Waals surface area contributed by atoms with Crippen LogP contribution in [0.5, 0.6) is 11.5 Å². The first-order valence-corrected chi connectivity index (χ1v) is 9.33. The van der Waals surface area contributed by atoms with Crippen molar-refractivity contribution in [3.63, 3.8) is 0 Å². The molecule has 4 rings (SSSR count). The summed E-state index contributed by atoms with van der Waals surface area (Å²) in [6, 6.07) is 9.95. The van der Waals surface area contributed by atoms with Crippen molar-refractivity contribution in [3.8, 4) is 11.5 Å². The van der Waals surface area contributed by atoms with Gasteiger partial charge in [0.05, 0.1) is 11.9 Å². The smallest absolute Gasteiger partial charge is 0.231 e. The minimum atomic E-state index is 0.284. The zero-order valence-electron chi connectivity index (χ0n) is 14.5. The van der Waals surface area contributed by atoms with Crippen molar-refractivity contribution in [1.29, 1.82) is 0 Å². The molecule has 1 aromatic carbocycles. The van der Waals surface area contributed by atoms with Crippen molar-refractivity contribution in [2.75, 3.05) is 30.1 Å². The summed E-state index contributed by atoms with van der Waals surface area (Å²) in [6.07, 6.45) is 5.64. The van der Waals surface area contributed by atoms with Gasteiger partial charge in [-0.2, -0.15) is 0 Å². The minimum absolute atomic E-state index is 0.284. The number of hydrogen-bond donors (Lipinski definition) is 2. The molecule has 1 aromatic heterocycles. The van der Waals surface area contributed by atoms with E-state index in [9.17, 15) is 0 Å². The number of benzene rings is 1. The van der Waals surface area contributed by atoms with Crippen LogP contribution in [0.2, 0.25) is 0 Å². The molecule has 0 bridgehead atoms. The van der Waals surface area contributed by atoms with Crippen LogP contribution in [0.4, 0.5) is 11.5 Å². The molecule has 0 atom stereocenters. The van der Waals surface area contributed by atoms with Gasteiger partial charge in [0.2, 0.25) is 6.79 Å². The summed E-state index contributed by atoms with van der Waals surface area (Å²) in [7, 11) is 0. The van der Waals surface area contributed by atoms with Crippen LogP contribution in [0, 0.1) is 0 Å². The Hall–Kier alpha value is -2.54. The van der Waals surface area contributed by atoms with Gasteiger partial charge >= 0.3 is 0 Å². The Morgan fingerprint density at radius 1 is 1.08 bits per heavy atom.